The van der Waals surface area contributed by atoms with Gasteiger partial charge in [0.15, 0.2) is 0 Å². The first-order valence-electron chi connectivity index (χ1n) is 5.36. The summed E-state index contributed by atoms with van der Waals surface area (Å²) in [5.74, 6) is -0.245. The standard InChI is InChI=1S/C13H12BrN3O/c1-8-4-5-10(15)9(7-8)13(18)17-11-3-2-6-16-12(11)14/h2-7H,15H2,1H3,(H,17,18). The first-order valence-corrected chi connectivity index (χ1v) is 6.15. The Kier molecular flexibility index (Phi) is 3.62. The zero-order valence-corrected chi connectivity index (χ0v) is 11.4. The number of carbonyl (C=O) groups excluding carboxylic acids is 1. The number of nitrogens with one attached hydrogen (secondary N) is 1. The van der Waals surface area contributed by atoms with Crippen LogP contribution in [-0.4, -0.2) is 10.9 Å². The molecule has 0 saturated heterocycles. The number of nitrogen functional groups attached to an aromatic ring is 1. The van der Waals surface area contributed by atoms with E-state index < -0.39 is 0 Å². The van der Waals surface area contributed by atoms with Gasteiger partial charge in [0.1, 0.15) is 4.60 Å². The molecule has 92 valence electrons. The number of pyridine rings is 1. The van der Waals surface area contributed by atoms with E-state index >= 15 is 0 Å². The van der Waals surface area contributed by atoms with E-state index in [9.17, 15) is 4.79 Å². The van der Waals surface area contributed by atoms with Crippen LogP contribution in [-0.2, 0) is 0 Å². The fraction of sp³-hybridized carbons (Fsp3) is 0.0769. The van der Waals surface area contributed by atoms with Crippen molar-refractivity contribution in [2.75, 3.05) is 11.1 Å². The Morgan fingerprint density at radius 3 is 2.89 bits per heavy atom. The minimum absolute atomic E-state index is 0.245. The lowest BCUT2D eigenvalue weighted by molar-refractivity contribution is 0.102. The predicted octanol–water partition coefficient (Wildman–Crippen LogP) is 2.99. The van der Waals surface area contributed by atoms with Crippen LogP contribution in [0, 0.1) is 6.92 Å². The Labute approximate surface area is 113 Å². The van der Waals surface area contributed by atoms with Gasteiger partial charge in [0, 0.05) is 11.9 Å². The molecule has 18 heavy (non-hydrogen) atoms. The molecule has 1 amide bonds. The zero-order chi connectivity index (χ0) is 13.1. The van der Waals surface area contributed by atoms with Crippen molar-refractivity contribution in [3.8, 4) is 0 Å². The lowest BCUT2D eigenvalue weighted by atomic mass is 10.1. The molecule has 3 N–H and O–H groups in total. The molecule has 0 atom stereocenters. The van der Waals surface area contributed by atoms with Gasteiger partial charge in [0.2, 0.25) is 0 Å². The maximum atomic E-state index is 12.1. The molecule has 0 fully saturated rings. The monoisotopic (exact) mass is 305 g/mol. The van der Waals surface area contributed by atoms with Gasteiger partial charge >= 0.3 is 0 Å². The average molecular weight is 306 g/mol. The molecule has 0 bridgehead atoms. The summed E-state index contributed by atoms with van der Waals surface area (Å²) in [5.41, 5.74) is 8.31. The van der Waals surface area contributed by atoms with E-state index in [-0.39, 0.29) is 5.91 Å². The molecule has 0 aliphatic rings. The van der Waals surface area contributed by atoms with Crippen molar-refractivity contribution in [2.24, 2.45) is 0 Å². The Morgan fingerprint density at radius 2 is 2.17 bits per heavy atom. The molecule has 1 aromatic carbocycles. The summed E-state index contributed by atoms with van der Waals surface area (Å²) < 4.78 is 0.588. The first kappa shape index (κ1) is 12.6. The normalized spacial score (nSPS) is 10.1. The van der Waals surface area contributed by atoms with Crippen molar-refractivity contribution >= 4 is 33.2 Å². The molecule has 0 saturated carbocycles. The number of amides is 1. The predicted molar refractivity (Wildman–Crippen MR) is 75.5 cm³/mol. The van der Waals surface area contributed by atoms with Crippen LogP contribution in [0.15, 0.2) is 41.1 Å². The van der Waals surface area contributed by atoms with Gasteiger partial charge in [0.05, 0.1) is 11.3 Å². The minimum atomic E-state index is -0.245. The van der Waals surface area contributed by atoms with Gasteiger partial charge in [-0.3, -0.25) is 4.79 Å². The SMILES string of the molecule is Cc1ccc(N)c(C(=O)Nc2cccnc2Br)c1. The van der Waals surface area contributed by atoms with E-state index in [1.165, 1.54) is 0 Å². The van der Waals surface area contributed by atoms with Gasteiger partial charge in [-0.15, -0.1) is 0 Å². The molecular formula is C13H12BrN3O. The van der Waals surface area contributed by atoms with E-state index in [0.29, 0.717) is 21.5 Å². The molecular weight excluding hydrogens is 294 g/mol. The number of hydrogen-bond donors (Lipinski definition) is 2. The number of halogens is 1. The van der Waals surface area contributed by atoms with E-state index in [4.69, 9.17) is 5.73 Å². The van der Waals surface area contributed by atoms with E-state index in [0.717, 1.165) is 5.56 Å². The van der Waals surface area contributed by atoms with Crippen LogP contribution in [0.4, 0.5) is 11.4 Å². The Balaban J connectivity index is 2.28. The number of hydrogen-bond acceptors (Lipinski definition) is 3. The van der Waals surface area contributed by atoms with Gasteiger partial charge in [-0.05, 0) is 47.1 Å². The number of benzene rings is 1. The van der Waals surface area contributed by atoms with Crippen molar-refractivity contribution in [3.63, 3.8) is 0 Å². The molecule has 2 rings (SSSR count). The topological polar surface area (TPSA) is 68.0 Å². The molecule has 5 heteroatoms. The fourth-order valence-corrected chi connectivity index (χ4v) is 1.89. The summed E-state index contributed by atoms with van der Waals surface area (Å²) in [7, 11) is 0. The van der Waals surface area contributed by atoms with Crippen molar-refractivity contribution < 1.29 is 4.79 Å². The fourth-order valence-electron chi connectivity index (χ4n) is 1.54. The summed E-state index contributed by atoms with van der Waals surface area (Å²) >= 11 is 3.27. The maximum absolute atomic E-state index is 12.1. The third kappa shape index (κ3) is 2.68. The van der Waals surface area contributed by atoms with Gasteiger partial charge in [-0.2, -0.15) is 0 Å². The highest BCUT2D eigenvalue weighted by Crippen LogP contribution is 2.21. The van der Waals surface area contributed by atoms with E-state index in [2.05, 4.69) is 26.2 Å². The molecule has 1 aromatic heterocycles. The highest BCUT2D eigenvalue weighted by molar-refractivity contribution is 9.10. The summed E-state index contributed by atoms with van der Waals surface area (Å²) in [6.07, 6.45) is 1.64. The Morgan fingerprint density at radius 1 is 1.39 bits per heavy atom. The Hall–Kier alpha value is -1.88. The Bertz CT molecular complexity index is 599. The van der Waals surface area contributed by atoms with Crippen molar-refractivity contribution in [2.45, 2.75) is 6.92 Å². The van der Waals surface area contributed by atoms with Gasteiger partial charge in [-0.1, -0.05) is 11.6 Å². The zero-order valence-electron chi connectivity index (χ0n) is 9.77. The maximum Gasteiger partial charge on any atom is 0.257 e. The molecule has 0 aliphatic heterocycles. The van der Waals surface area contributed by atoms with Crippen LogP contribution >= 0.6 is 15.9 Å². The smallest absolute Gasteiger partial charge is 0.257 e. The third-order valence-corrected chi connectivity index (χ3v) is 3.09. The van der Waals surface area contributed by atoms with Crippen LogP contribution in [0.1, 0.15) is 15.9 Å². The average Bonchev–Trinajstić information content (AvgIpc) is 2.35. The van der Waals surface area contributed by atoms with Crippen molar-refractivity contribution in [1.82, 2.24) is 4.98 Å². The number of aromatic nitrogens is 1. The number of nitrogens with two attached hydrogens (primary N) is 1. The van der Waals surface area contributed by atoms with Crippen LogP contribution in [0.3, 0.4) is 0 Å². The van der Waals surface area contributed by atoms with Gasteiger partial charge < -0.3 is 11.1 Å². The molecule has 0 radical (unpaired) electrons. The lowest BCUT2D eigenvalue weighted by Crippen LogP contribution is -2.14. The quantitative estimate of drug-likeness (QED) is 0.662. The number of aryl methyl sites for hydroxylation is 1. The van der Waals surface area contributed by atoms with Crippen LogP contribution in [0.25, 0.3) is 0 Å². The summed E-state index contributed by atoms with van der Waals surface area (Å²) in [6, 6.07) is 8.87. The molecule has 1 heterocycles. The van der Waals surface area contributed by atoms with Crippen molar-refractivity contribution in [1.29, 1.82) is 0 Å². The third-order valence-electron chi connectivity index (χ3n) is 2.46. The second-order valence-corrected chi connectivity index (χ2v) is 4.64. The number of rotatable bonds is 2. The second kappa shape index (κ2) is 5.18. The number of nitrogens with zero attached hydrogens (tertiary/aromatic N) is 1. The highest BCUT2D eigenvalue weighted by atomic mass is 79.9. The van der Waals surface area contributed by atoms with Gasteiger partial charge in [-0.25, -0.2) is 4.98 Å². The van der Waals surface area contributed by atoms with E-state index in [1.807, 2.05) is 13.0 Å². The van der Waals surface area contributed by atoms with Crippen LogP contribution < -0.4 is 11.1 Å². The molecule has 4 nitrogen and oxygen atoms in total. The van der Waals surface area contributed by atoms with Gasteiger partial charge in [0.25, 0.3) is 5.91 Å². The summed E-state index contributed by atoms with van der Waals surface area (Å²) in [4.78, 5) is 16.1. The molecule has 0 spiro atoms. The highest BCUT2D eigenvalue weighted by Gasteiger charge is 2.11. The largest absolute Gasteiger partial charge is 0.398 e. The minimum Gasteiger partial charge on any atom is -0.398 e. The van der Waals surface area contributed by atoms with E-state index in [1.54, 1.807) is 30.5 Å². The molecule has 2 aromatic rings. The first-order chi connectivity index (χ1) is 8.58. The summed E-state index contributed by atoms with van der Waals surface area (Å²) in [6.45, 7) is 1.91. The number of carbonyl (C=O) groups is 1. The summed E-state index contributed by atoms with van der Waals surface area (Å²) in [5, 5.41) is 2.77. The molecule has 0 unspecified atom stereocenters. The molecule has 0 aliphatic carbocycles. The second-order valence-electron chi connectivity index (χ2n) is 3.89. The number of anilines is 2. The van der Waals surface area contributed by atoms with Crippen LogP contribution in [0.2, 0.25) is 0 Å². The van der Waals surface area contributed by atoms with Crippen LogP contribution in [0.5, 0.6) is 0 Å². The lowest BCUT2D eigenvalue weighted by Gasteiger charge is -2.09. The van der Waals surface area contributed by atoms with Crippen molar-refractivity contribution in [3.05, 3.63) is 52.3 Å².